The fraction of sp³-hybridized carbons (Fsp3) is 0.240. The average molecular weight is 457 g/mol. The molecule has 1 atom stereocenters. The van der Waals surface area contributed by atoms with E-state index >= 15 is 0 Å². The van der Waals surface area contributed by atoms with Crippen LogP contribution in [0.3, 0.4) is 0 Å². The van der Waals surface area contributed by atoms with Crippen LogP contribution in [0.15, 0.2) is 78.9 Å². The van der Waals surface area contributed by atoms with Gasteiger partial charge in [0, 0.05) is 37.6 Å². The Bertz CT molecular complexity index is 1080. The lowest BCUT2D eigenvalue weighted by Crippen LogP contribution is -2.50. The van der Waals surface area contributed by atoms with E-state index in [1.165, 1.54) is 30.3 Å². The van der Waals surface area contributed by atoms with Crippen LogP contribution in [0.25, 0.3) is 0 Å². The minimum atomic E-state index is -4.39. The second kappa shape index (κ2) is 9.62. The number of amides is 1. The summed E-state index contributed by atoms with van der Waals surface area (Å²) in [6, 6.07) is 19.6. The summed E-state index contributed by atoms with van der Waals surface area (Å²) in [5, 5.41) is 2.85. The van der Waals surface area contributed by atoms with Crippen LogP contribution in [0.2, 0.25) is 0 Å². The quantitative estimate of drug-likeness (QED) is 0.525. The zero-order chi connectivity index (χ0) is 23.4. The molecule has 1 saturated heterocycles. The smallest absolute Gasteiger partial charge is 0.369 e. The van der Waals surface area contributed by atoms with Crippen LogP contribution in [0.4, 0.5) is 28.9 Å². The standard InChI is InChI=1S/C25H23F4N3O/c26-20-9-11-21(12-10-20)30-24(33)23(18-5-2-1-3-6-18)32-15-13-31(14-16-32)22-8-4-7-19(17-22)25(27,28)29/h1-12,17,23H,13-16H2,(H,30,33)/t23-/m0/s1. The Balaban J connectivity index is 1.50. The molecule has 0 aromatic heterocycles. The Morgan fingerprint density at radius 3 is 2.15 bits per heavy atom. The van der Waals surface area contributed by atoms with E-state index in [1.807, 2.05) is 40.1 Å². The molecule has 1 aliphatic heterocycles. The van der Waals surface area contributed by atoms with Gasteiger partial charge in [0.25, 0.3) is 0 Å². The third-order valence-corrected chi connectivity index (χ3v) is 5.69. The third kappa shape index (κ3) is 5.51. The molecule has 0 aliphatic carbocycles. The van der Waals surface area contributed by atoms with Gasteiger partial charge in [-0.1, -0.05) is 36.4 Å². The topological polar surface area (TPSA) is 35.6 Å². The van der Waals surface area contributed by atoms with E-state index in [-0.39, 0.29) is 5.91 Å². The number of hydrogen-bond donors (Lipinski definition) is 1. The van der Waals surface area contributed by atoms with Crippen molar-refractivity contribution in [3.05, 3.63) is 95.8 Å². The summed E-state index contributed by atoms with van der Waals surface area (Å²) >= 11 is 0. The van der Waals surface area contributed by atoms with Crippen molar-refractivity contribution >= 4 is 17.3 Å². The number of benzene rings is 3. The van der Waals surface area contributed by atoms with Crippen LogP contribution >= 0.6 is 0 Å². The van der Waals surface area contributed by atoms with Crippen molar-refractivity contribution in [3.63, 3.8) is 0 Å². The first-order chi connectivity index (χ1) is 15.8. The van der Waals surface area contributed by atoms with Crippen LogP contribution in [-0.4, -0.2) is 37.0 Å². The number of piperazine rings is 1. The first kappa shape index (κ1) is 22.8. The van der Waals surface area contributed by atoms with Crippen molar-refractivity contribution in [2.75, 3.05) is 36.4 Å². The van der Waals surface area contributed by atoms with Crippen LogP contribution in [-0.2, 0) is 11.0 Å². The molecule has 0 radical (unpaired) electrons. The van der Waals surface area contributed by atoms with Gasteiger partial charge in [-0.15, -0.1) is 0 Å². The van der Waals surface area contributed by atoms with E-state index in [2.05, 4.69) is 5.32 Å². The summed E-state index contributed by atoms with van der Waals surface area (Å²) < 4.78 is 52.5. The maximum atomic E-state index is 13.2. The Morgan fingerprint density at radius 1 is 0.848 bits per heavy atom. The van der Waals surface area contributed by atoms with Gasteiger partial charge in [0.15, 0.2) is 0 Å². The van der Waals surface area contributed by atoms with Crippen molar-refractivity contribution in [2.24, 2.45) is 0 Å². The summed E-state index contributed by atoms with van der Waals surface area (Å²) in [5.74, 6) is -0.640. The van der Waals surface area contributed by atoms with Gasteiger partial charge < -0.3 is 10.2 Å². The van der Waals surface area contributed by atoms with Gasteiger partial charge in [-0.25, -0.2) is 4.39 Å². The minimum Gasteiger partial charge on any atom is -0.369 e. The van der Waals surface area contributed by atoms with Crippen LogP contribution < -0.4 is 10.2 Å². The molecule has 4 rings (SSSR count). The highest BCUT2D eigenvalue weighted by Gasteiger charge is 2.33. The molecule has 0 bridgehead atoms. The molecule has 1 aliphatic rings. The summed E-state index contributed by atoms with van der Waals surface area (Å²) in [5.41, 5.74) is 1.13. The van der Waals surface area contributed by atoms with Gasteiger partial charge in [-0.2, -0.15) is 13.2 Å². The number of alkyl halides is 3. The second-order valence-corrected chi connectivity index (χ2v) is 7.88. The molecule has 4 nitrogen and oxygen atoms in total. The molecule has 8 heteroatoms. The fourth-order valence-corrected chi connectivity index (χ4v) is 4.02. The number of hydrogen-bond acceptors (Lipinski definition) is 3. The van der Waals surface area contributed by atoms with Gasteiger partial charge in [0.2, 0.25) is 5.91 Å². The molecule has 3 aromatic rings. The number of nitrogens with zero attached hydrogens (tertiary/aromatic N) is 2. The highest BCUT2D eigenvalue weighted by molar-refractivity contribution is 5.95. The first-order valence-electron chi connectivity index (χ1n) is 10.6. The van der Waals surface area contributed by atoms with Gasteiger partial charge in [0.1, 0.15) is 11.9 Å². The van der Waals surface area contributed by atoms with Crippen LogP contribution in [0, 0.1) is 5.82 Å². The summed E-state index contributed by atoms with van der Waals surface area (Å²) in [7, 11) is 0. The molecule has 0 spiro atoms. The first-order valence-corrected chi connectivity index (χ1v) is 10.6. The zero-order valence-electron chi connectivity index (χ0n) is 17.7. The number of nitrogens with one attached hydrogen (secondary N) is 1. The number of anilines is 2. The predicted octanol–water partition coefficient (Wildman–Crippen LogP) is 5.35. The monoisotopic (exact) mass is 457 g/mol. The maximum absolute atomic E-state index is 13.2. The van der Waals surface area contributed by atoms with Gasteiger partial charge in [-0.3, -0.25) is 9.69 Å². The molecule has 0 unspecified atom stereocenters. The second-order valence-electron chi connectivity index (χ2n) is 7.88. The Morgan fingerprint density at radius 2 is 1.52 bits per heavy atom. The SMILES string of the molecule is O=C(Nc1ccc(F)cc1)[C@H](c1ccccc1)N1CCN(c2cccc(C(F)(F)F)c2)CC1. The van der Waals surface area contributed by atoms with Crippen molar-refractivity contribution in [1.82, 2.24) is 4.90 Å². The maximum Gasteiger partial charge on any atom is 0.416 e. The van der Waals surface area contributed by atoms with Gasteiger partial charge in [0.05, 0.1) is 5.56 Å². The minimum absolute atomic E-state index is 0.250. The molecule has 3 aromatic carbocycles. The summed E-state index contributed by atoms with van der Waals surface area (Å²) in [6.45, 7) is 1.95. The molecule has 0 saturated carbocycles. The Labute approximate surface area is 189 Å². The summed E-state index contributed by atoms with van der Waals surface area (Å²) in [6.07, 6.45) is -4.39. The third-order valence-electron chi connectivity index (χ3n) is 5.69. The van der Waals surface area contributed by atoms with Crippen molar-refractivity contribution in [3.8, 4) is 0 Å². The summed E-state index contributed by atoms with van der Waals surface area (Å²) in [4.78, 5) is 17.1. The van der Waals surface area contributed by atoms with E-state index in [9.17, 15) is 22.4 Å². The lowest BCUT2D eigenvalue weighted by molar-refractivity contribution is -0.137. The predicted molar refractivity (Wildman–Crippen MR) is 119 cm³/mol. The number of carbonyl (C=O) groups is 1. The molecular formula is C25H23F4N3O. The highest BCUT2D eigenvalue weighted by Crippen LogP contribution is 2.32. The van der Waals surface area contributed by atoms with E-state index in [0.29, 0.717) is 37.6 Å². The van der Waals surface area contributed by atoms with E-state index < -0.39 is 23.6 Å². The van der Waals surface area contributed by atoms with E-state index in [1.54, 1.807) is 6.07 Å². The largest absolute Gasteiger partial charge is 0.416 e. The van der Waals surface area contributed by atoms with Gasteiger partial charge in [-0.05, 0) is 48.0 Å². The molecule has 1 heterocycles. The lowest BCUT2D eigenvalue weighted by Gasteiger charge is -2.40. The molecule has 1 fully saturated rings. The molecule has 33 heavy (non-hydrogen) atoms. The van der Waals surface area contributed by atoms with Crippen molar-refractivity contribution in [2.45, 2.75) is 12.2 Å². The highest BCUT2D eigenvalue weighted by atomic mass is 19.4. The lowest BCUT2D eigenvalue weighted by atomic mass is 10.0. The Hall–Kier alpha value is -3.39. The fourth-order valence-electron chi connectivity index (χ4n) is 4.02. The van der Waals surface area contributed by atoms with E-state index in [4.69, 9.17) is 0 Å². The molecule has 172 valence electrons. The van der Waals surface area contributed by atoms with E-state index in [0.717, 1.165) is 17.7 Å². The molecule has 1 amide bonds. The normalized spacial score (nSPS) is 15.8. The molecular weight excluding hydrogens is 434 g/mol. The Kier molecular flexibility index (Phi) is 6.65. The molecule has 1 N–H and O–H groups in total. The zero-order valence-corrected chi connectivity index (χ0v) is 17.7. The van der Waals surface area contributed by atoms with Crippen LogP contribution in [0.5, 0.6) is 0 Å². The average Bonchev–Trinajstić information content (AvgIpc) is 2.81. The van der Waals surface area contributed by atoms with Crippen molar-refractivity contribution in [1.29, 1.82) is 0 Å². The van der Waals surface area contributed by atoms with Crippen LogP contribution in [0.1, 0.15) is 17.2 Å². The number of rotatable bonds is 5. The van der Waals surface area contributed by atoms with Gasteiger partial charge >= 0.3 is 6.18 Å². The number of halogens is 4. The van der Waals surface area contributed by atoms with Crippen molar-refractivity contribution < 1.29 is 22.4 Å². The number of carbonyl (C=O) groups excluding carboxylic acids is 1.